The van der Waals surface area contributed by atoms with E-state index in [0.29, 0.717) is 18.9 Å². The van der Waals surface area contributed by atoms with E-state index < -0.39 is 0 Å². The van der Waals surface area contributed by atoms with Crippen molar-refractivity contribution in [3.8, 4) is 5.75 Å². The summed E-state index contributed by atoms with van der Waals surface area (Å²) in [6, 6.07) is 7.73. The molecule has 0 spiro atoms. The molecule has 0 unspecified atom stereocenters. The molecule has 1 heterocycles. The average molecular weight is 298 g/mol. The van der Waals surface area contributed by atoms with Gasteiger partial charge in [0.15, 0.2) is 0 Å². The van der Waals surface area contributed by atoms with E-state index in [9.17, 15) is 4.79 Å². The van der Waals surface area contributed by atoms with Gasteiger partial charge in [-0.05, 0) is 6.07 Å². The number of benzene rings is 1. The predicted octanol–water partition coefficient (Wildman–Crippen LogP) is 2.01. The van der Waals surface area contributed by atoms with Crippen LogP contribution < -0.4 is 15.4 Å². The van der Waals surface area contributed by atoms with E-state index in [0.717, 1.165) is 11.3 Å². The lowest BCUT2D eigenvalue weighted by Gasteiger charge is -2.09. The lowest BCUT2D eigenvalue weighted by Crippen LogP contribution is -2.24. The summed E-state index contributed by atoms with van der Waals surface area (Å²) >= 11 is 0. The number of hydrogen-bond acceptors (Lipinski definition) is 5. The van der Waals surface area contributed by atoms with Crippen LogP contribution in [0.25, 0.3) is 0 Å². The first-order valence-corrected chi connectivity index (χ1v) is 6.81. The molecule has 0 radical (unpaired) electrons. The zero-order valence-electron chi connectivity index (χ0n) is 12.4. The highest BCUT2D eigenvalue weighted by atomic mass is 16.5. The molecule has 2 N–H and O–H groups in total. The van der Waals surface area contributed by atoms with E-state index in [-0.39, 0.29) is 11.6 Å². The SMILES string of the molecule is C=CCNC(=O)c1cnc(NCc2ccccc2OC)cn1. The van der Waals surface area contributed by atoms with Crippen LogP contribution in [0.3, 0.4) is 0 Å². The van der Waals surface area contributed by atoms with Crippen LogP contribution >= 0.6 is 0 Å². The molecule has 6 heteroatoms. The number of hydrogen-bond donors (Lipinski definition) is 2. The van der Waals surface area contributed by atoms with Gasteiger partial charge in [-0.15, -0.1) is 6.58 Å². The van der Waals surface area contributed by atoms with E-state index in [1.807, 2.05) is 24.3 Å². The second-order valence-corrected chi connectivity index (χ2v) is 4.45. The molecule has 1 amide bonds. The lowest BCUT2D eigenvalue weighted by molar-refractivity contribution is 0.0952. The fourth-order valence-corrected chi connectivity index (χ4v) is 1.83. The van der Waals surface area contributed by atoms with Crippen molar-refractivity contribution in [2.24, 2.45) is 0 Å². The van der Waals surface area contributed by atoms with Crippen LogP contribution in [-0.2, 0) is 6.54 Å². The van der Waals surface area contributed by atoms with Crippen molar-refractivity contribution in [2.45, 2.75) is 6.54 Å². The fourth-order valence-electron chi connectivity index (χ4n) is 1.83. The van der Waals surface area contributed by atoms with Gasteiger partial charge in [0, 0.05) is 18.7 Å². The van der Waals surface area contributed by atoms with Crippen molar-refractivity contribution in [3.05, 3.63) is 60.6 Å². The minimum absolute atomic E-state index is 0.268. The monoisotopic (exact) mass is 298 g/mol. The summed E-state index contributed by atoms with van der Waals surface area (Å²) < 4.78 is 5.28. The molecule has 0 aliphatic heterocycles. The Balaban J connectivity index is 1.96. The Kier molecular flexibility index (Phi) is 5.48. The van der Waals surface area contributed by atoms with Crippen molar-refractivity contribution in [1.82, 2.24) is 15.3 Å². The van der Waals surface area contributed by atoms with Crippen molar-refractivity contribution in [3.63, 3.8) is 0 Å². The Morgan fingerprint density at radius 2 is 2.14 bits per heavy atom. The molecule has 0 aliphatic carbocycles. The third kappa shape index (κ3) is 4.05. The predicted molar refractivity (Wildman–Crippen MR) is 84.9 cm³/mol. The summed E-state index contributed by atoms with van der Waals surface area (Å²) in [6.45, 7) is 4.49. The van der Waals surface area contributed by atoms with Gasteiger partial charge in [-0.3, -0.25) is 4.79 Å². The normalized spacial score (nSPS) is 9.86. The Labute approximate surface area is 129 Å². The van der Waals surface area contributed by atoms with Crippen LogP contribution in [0.15, 0.2) is 49.3 Å². The van der Waals surface area contributed by atoms with Crippen LogP contribution in [0.1, 0.15) is 16.1 Å². The lowest BCUT2D eigenvalue weighted by atomic mass is 10.2. The Hall–Kier alpha value is -2.89. The standard InChI is InChI=1S/C16H18N4O2/c1-3-8-17-16(21)13-10-20-15(11-18-13)19-9-12-6-4-5-7-14(12)22-2/h3-7,10-11H,1,8-9H2,2H3,(H,17,21)(H,19,20). The van der Waals surface area contributed by atoms with Gasteiger partial charge in [-0.25, -0.2) is 9.97 Å². The molecule has 6 nitrogen and oxygen atoms in total. The Bertz CT molecular complexity index is 641. The van der Waals surface area contributed by atoms with Crippen LogP contribution in [0.5, 0.6) is 5.75 Å². The fraction of sp³-hybridized carbons (Fsp3) is 0.188. The first-order valence-electron chi connectivity index (χ1n) is 6.81. The molecule has 22 heavy (non-hydrogen) atoms. The topological polar surface area (TPSA) is 76.1 Å². The van der Waals surface area contributed by atoms with Crippen molar-refractivity contribution >= 4 is 11.7 Å². The number of aromatic nitrogens is 2. The smallest absolute Gasteiger partial charge is 0.271 e. The summed E-state index contributed by atoms with van der Waals surface area (Å²) in [5.74, 6) is 1.12. The summed E-state index contributed by atoms with van der Waals surface area (Å²) in [4.78, 5) is 19.9. The van der Waals surface area contributed by atoms with Crippen LogP contribution in [0, 0.1) is 0 Å². The molecule has 0 bridgehead atoms. The van der Waals surface area contributed by atoms with Gasteiger partial charge in [0.1, 0.15) is 17.3 Å². The largest absolute Gasteiger partial charge is 0.496 e. The van der Waals surface area contributed by atoms with Gasteiger partial charge < -0.3 is 15.4 Å². The minimum Gasteiger partial charge on any atom is -0.496 e. The van der Waals surface area contributed by atoms with Crippen LogP contribution in [0.2, 0.25) is 0 Å². The first-order chi connectivity index (χ1) is 10.7. The number of carbonyl (C=O) groups excluding carboxylic acids is 1. The van der Waals surface area contributed by atoms with Crippen molar-refractivity contribution in [2.75, 3.05) is 19.0 Å². The number of ether oxygens (including phenoxy) is 1. The number of rotatable bonds is 7. The molecule has 2 aromatic rings. The molecule has 114 valence electrons. The third-order valence-electron chi connectivity index (χ3n) is 2.94. The molecule has 1 aromatic carbocycles. The van der Waals surface area contributed by atoms with E-state index in [1.54, 1.807) is 13.2 Å². The van der Waals surface area contributed by atoms with Crippen LogP contribution in [0.4, 0.5) is 5.82 Å². The summed E-state index contributed by atoms with van der Waals surface area (Å²) in [5, 5.41) is 5.79. The summed E-state index contributed by atoms with van der Waals surface area (Å²) in [6.07, 6.45) is 4.57. The number of anilines is 1. The summed E-state index contributed by atoms with van der Waals surface area (Å²) in [5.41, 5.74) is 1.28. The number of carbonyl (C=O) groups is 1. The van der Waals surface area contributed by atoms with Crippen molar-refractivity contribution in [1.29, 1.82) is 0 Å². The maximum atomic E-state index is 11.7. The average Bonchev–Trinajstić information content (AvgIpc) is 2.58. The third-order valence-corrected chi connectivity index (χ3v) is 2.94. The highest BCUT2D eigenvalue weighted by Gasteiger charge is 2.07. The van der Waals surface area contributed by atoms with Gasteiger partial charge >= 0.3 is 0 Å². The molecule has 2 rings (SSSR count). The van der Waals surface area contributed by atoms with Gasteiger partial charge in [0.2, 0.25) is 0 Å². The Morgan fingerprint density at radius 3 is 2.82 bits per heavy atom. The second kappa shape index (κ2) is 7.78. The zero-order valence-corrected chi connectivity index (χ0v) is 12.4. The maximum absolute atomic E-state index is 11.7. The number of amides is 1. The molecule has 0 fully saturated rings. The van der Waals surface area contributed by atoms with E-state index in [1.165, 1.54) is 12.4 Å². The van der Waals surface area contributed by atoms with Gasteiger partial charge in [-0.2, -0.15) is 0 Å². The van der Waals surface area contributed by atoms with E-state index in [4.69, 9.17) is 4.74 Å². The van der Waals surface area contributed by atoms with Gasteiger partial charge in [0.25, 0.3) is 5.91 Å². The number of para-hydroxylation sites is 1. The first kappa shape index (κ1) is 15.5. The van der Waals surface area contributed by atoms with Gasteiger partial charge in [-0.1, -0.05) is 24.3 Å². The molecule has 0 saturated carbocycles. The highest BCUT2D eigenvalue weighted by Crippen LogP contribution is 2.18. The molecule has 0 atom stereocenters. The zero-order chi connectivity index (χ0) is 15.8. The van der Waals surface area contributed by atoms with E-state index in [2.05, 4.69) is 27.2 Å². The molecule has 1 aromatic heterocycles. The quantitative estimate of drug-likeness (QED) is 0.765. The minimum atomic E-state index is -0.274. The number of nitrogens with one attached hydrogen (secondary N) is 2. The molecular formula is C16H18N4O2. The Morgan fingerprint density at radius 1 is 1.32 bits per heavy atom. The molecule has 0 aliphatic rings. The van der Waals surface area contributed by atoms with Gasteiger partial charge in [0.05, 0.1) is 19.5 Å². The highest BCUT2D eigenvalue weighted by molar-refractivity contribution is 5.92. The van der Waals surface area contributed by atoms with Crippen molar-refractivity contribution < 1.29 is 9.53 Å². The number of methoxy groups -OCH3 is 1. The summed E-state index contributed by atoms with van der Waals surface area (Å²) in [7, 11) is 1.63. The number of nitrogens with zero attached hydrogens (tertiary/aromatic N) is 2. The van der Waals surface area contributed by atoms with E-state index >= 15 is 0 Å². The second-order valence-electron chi connectivity index (χ2n) is 4.45. The molecular weight excluding hydrogens is 280 g/mol. The van der Waals surface area contributed by atoms with Crippen LogP contribution in [-0.4, -0.2) is 29.5 Å². The maximum Gasteiger partial charge on any atom is 0.271 e. The molecule has 0 saturated heterocycles.